The maximum absolute atomic E-state index is 2.51. The Morgan fingerprint density at radius 3 is 1.65 bits per heavy atom. The van der Waals surface area contributed by atoms with Gasteiger partial charge >= 0.3 is 0 Å². The minimum atomic E-state index is -0.00954. The van der Waals surface area contributed by atoms with Crippen LogP contribution in [0.1, 0.15) is 0 Å². The van der Waals surface area contributed by atoms with E-state index in [1.807, 2.05) is 0 Å². The number of benzene rings is 9. The van der Waals surface area contributed by atoms with Crippen molar-refractivity contribution < 1.29 is 0 Å². The molecule has 1 nitrogen and oxygen atoms in total. The van der Waals surface area contributed by atoms with Crippen LogP contribution in [0.15, 0.2) is 182 Å². The smallest absolute Gasteiger partial charge is 0.248 e. The van der Waals surface area contributed by atoms with E-state index < -0.39 is 0 Å². The Labute approximate surface area is 280 Å². The Balaban J connectivity index is 1.39. The first-order chi connectivity index (χ1) is 23.8. The highest BCUT2D eigenvalue weighted by Gasteiger charge is 2.39. The Morgan fingerprint density at radius 2 is 0.958 bits per heavy atom. The molecule has 0 atom stereocenters. The number of nitrogens with zero attached hydrogens (tertiary/aromatic N) is 1. The zero-order chi connectivity index (χ0) is 31.6. The van der Waals surface area contributed by atoms with Crippen LogP contribution >= 0.6 is 0 Å². The minimum Gasteiger partial charge on any atom is -0.311 e. The monoisotopic (exact) mass is 607 g/mol. The van der Waals surface area contributed by atoms with Crippen LogP contribution in [0, 0.1) is 0 Å². The molecular weight excluding hydrogens is 577 g/mol. The van der Waals surface area contributed by atoms with E-state index in [-0.39, 0.29) is 6.71 Å². The van der Waals surface area contributed by atoms with Crippen molar-refractivity contribution in [3.8, 4) is 22.3 Å². The highest BCUT2D eigenvalue weighted by atomic mass is 15.2. The lowest BCUT2D eigenvalue weighted by Gasteiger charge is -2.39. The topological polar surface area (TPSA) is 3.24 Å². The highest BCUT2D eigenvalue weighted by Crippen LogP contribution is 2.45. The van der Waals surface area contributed by atoms with Crippen LogP contribution in [0.25, 0.3) is 54.6 Å². The molecule has 1 aliphatic heterocycles. The van der Waals surface area contributed by atoms with Crippen LogP contribution in [0.3, 0.4) is 0 Å². The quantitative estimate of drug-likeness (QED) is 0.142. The zero-order valence-electron chi connectivity index (χ0n) is 26.3. The van der Waals surface area contributed by atoms with E-state index in [9.17, 15) is 0 Å². The van der Waals surface area contributed by atoms with E-state index in [1.54, 1.807) is 0 Å². The Bertz CT molecular complexity index is 2540. The van der Waals surface area contributed by atoms with Crippen LogP contribution in [0.4, 0.5) is 17.1 Å². The van der Waals surface area contributed by atoms with Gasteiger partial charge in [-0.05, 0) is 78.3 Å². The van der Waals surface area contributed by atoms with E-state index in [0.717, 1.165) is 0 Å². The van der Waals surface area contributed by atoms with Gasteiger partial charge in [-0.2, -0.15) is 0 Å². The zero-order valence-corrected chi connectivity index (χ0v) is 26.3. The summed E-state index contributed by atoms with van der Waals surface area (Å²) in [5, 5.41) is 7.81. The van der Waals surface area contributed by atoms with Gasteiger partial charge < -0.3 is 4.90 Å². The fraction of sp³-hybridized carbons (Fsp3) is 0. The molecule has 1 aliphatic rings. The predicted octanol–water partition coefficient (Wildman–Crippen LogP) is 10.2. The standard InChI is InChI=1S/C46H30BN/c1-4-14-31(15-5-1)37-22-13-23-38(32-16-6-2-7-17-32)45(37)47-40-24-10-11-25-42(40)48(36-20-8-3-9-21-36)46-39-29-28-34-19-12-18-33-26-27-35(30-41(46)47)44(39)43(33)34/h1-30H. The van der Waals surface area contributed by atoms with Crippen molar-refractivity contribution in [3.63, 3.8) is 0 Å². The molecule has 0 aromatic heterocycles. The molecule has 10 rings (SSSR count). The normalized spacial score (nSPS) is 12.5. The third-order valence-electron chi connectivity index (χ3n) is 10.3. The molecule has 2 heteroatoms. The fourth-order valence-corrected chi connectivity index (χ4v) is 8.28. The van der Waals surface area contributed by atoms with E-state index in [1.165, 1.54) is 88.0 Å². The maximum atomic E-state index is 2.51. The first-order valence-electron chi connectivity index (χ1n) is 16.7. The van der Waals surface area contributed by atoms with Gasteiger partial charge in [-0.1, -0.05) is 169 Å². The van der Waals surface area contributed by atoms with Gasteiger partial charge in [-0.15, -0.1) is 0 Å². The van der Waals surface area contributed by atoms with Crippen molar-refractivity contribution in [3.05, 3.63) is 182 Å². The summed E-state index contributed by atoms with van der Waals surface area (Å²) < 4.78 is 0. The lowest BCUT2D eigenvalue weighted by atomic mass is 9.33. The molecule has 0 saturated heterocycles. The summed E-state index contributed by atoms with van der Waals surface area (Å²) >= 11 is 0. The molecule has 0 N–H and O–H groups in total. The molecule has 1 heterocycles. The van der Waals surface area contributed by atoms with Gasteiger partial charge in [0.25, 0.3) is 0 Å². The summed E-state index contributed by atoms with van der Waals surface area (Å²) in [6.07, 6.45) is 0. The van der Waals surface area contributed by atoms with Gasteiger partial charge in [0.2, 0.25) is 6.71 Å². The van der Waals surface area contributed by atoms with Gasteiger partial charge in [0.1, 0.15) is 0 Å². The molecule has 222 valence electrons. The highest BCUT2D eigenvalue weighted by molar-refractivity contribution is 6.99. The molecule has 9 aromatic rings. The molecular formula is C46H30BN. The molecule has 0 saturated carbocycles. The molecule has 0 amide bonds. The summed E-state index contributed by atoms with van der Waals surface area (Å²) in [6.45, 7) is -0.00954. The van der Waals surface area contributed by atoms with Crippen molar-refractivity contribution >= 4 is 72.5 Å². The molecule has 0 radical (unpaired) electrons. The maximum Gasteiger partial charge on any atom is 0.248 e. The number of hydrogen-bond donors (Lipinski definition) is 0. The van der Waals surface area contributed by atoms with Crippen LogP contribution < -0.4 is 21.3 Å². The number of anilines is 3. The predicted molar refractivity (Wildman–Crippen MR) is 207 cm³/mol. The van der Waals surface area contributed by atoms with Crippen LogP contribution in [-0.4, -0.2) is 6.71 Å². The molecule has 0 fully saturated rings. The Hall–Kier alpha value is -6.12. The lowest BCUT2D eigenvalue weighted by molar-refractivity contribution is 1.31. The SMILES string of the molecule is c1ccc(-c2cccc(-c3ccccc3)c2B2c3ccccc3N(c3ccccc3)c3c2cc2ccc4cccc5ccc3c2c45)cc1. The molecule has 0 bridgehead atoms. The first kappa shape index (κ1) is 27.0. The number of para-hydroxylation sites is 2. The van der Waals surface area contributed by atoms with Crippen molar-refractivity contribution in [2.24, 2.45) is 0 Å². The van der Waals surface area contributed by atoms with Crippen molar-refractivity contribution in [1.82, 2.24) is 0 Å². The summed E-state index contributed by atoms with van der Waals surface area (Å²) in [5.74, 6) is 0. The van der Waals surface area contributed by atoms with Crippen molar-refractivity contribution in [2.75, 3.05) is 4.90 Å². The van der Waals surface area contributed by atoms with Crippen LogP contribution in [0.2, 0.25) is 0 Å². The average Bonchev–Trinajstić information content (AvgIpc) is 3.16. The summed E-state index contributed by atoms with van der Waals surface area (Å²) in [7, 11) is 0. The molecule has 9 aromatic carbocycles. The molecule has 0 spiro atoms. The summed E-state index contributed by atoms with van der Waals surface area (Å²) in [4.78, 5) is 2.51. The number of hydrogen-bond acceptors (Lipinski definition) is 1. The third-order valence-corrected chi connectivity index (χ3v) is 10.3. The largest absolute Gasteiger partial charge is 0.311 e. The van der Waals surface area contributed by atoms with Gasteiger partial charge in [-0.25, -0.2) is 0 Å². The van der Waals surface area contributed by atoms with Gasteiger partial charge in [0.15, 0.2) is 0 Å². The van der Waals surface area contributed by atoms with E-state index >= 15 is 0 Å². The van der Waals surface area contributed by atoms with E-state index in [4.69, 9.17) is 0 Å². The average molecular weight is 608 g/mol. The molecule has 0 unspecified atom stereocenters. The van der Waals surface area contributed by atoms with Crippen molar-refractivity contribution in [2.45, 2.75) is 0 Å². The van der Waals surface area contributed by atoms with E-state index in [0.29, 0.717) is 0 Å². The first-order valence-corrected chi connectivity index (χ1v) is 16.7. The Kier molecular flexibility index (Phi) is 6.04. The van der Waals surface area contributed by atoms with Gasteiger partial charge in [0.05, 0.1) is 0 Å². The number of rotatable bonds is 4. The summed E-state index contributed by atoms with van der Waals surface area (Å²) in [6, 6.07) is 67.1. The Morgan fingerprint density at radius 1 is 0.396 bits per heavy atom. The van der Waals surface area contributed by atoms with Gasteiger partial charge in [-0.3, -0.25) is 0 Å². The summed E-state index contributed by atoms with van der Waals surface area (Å²) in [5.41, 5.74) is 12.6. The minimum absolute atomic E-state index is 0.00954. The lowest BCUT2D eigenvalue weighted by Crippen LogP contribution is -2.58. The van der Waals surface area contributed by atoms with E-state index in [2.05, 4.69) is 187 Å². The second-order valence-electron chi connectivity index (χ2n) is 12.8. The second kappa shape index (κ2) is 10.7. The number of fused-ring (bicyclic) bond motifs is 3. The fourth-order valence-electron chi connectivity index (χ4n) is 8.28. The van der Waals surface area contributed by atoms with Crippen LogP contribution in [-0.2, 0) is 0 Å². The third kappa shape index (κ3) is 3.99. The molecule has 48 heavy (non-hydrogen) atoms. The van der Waals surface area contributed by atoms with Crippen LogP contribution in [0.5, 0.6) is 0 Å². The van der Waals surface area contributed by atoms with Crippen molar-refractivity contribution in [1.29, 1.82) is 0 Å². The molecule has 0 aliphatic carbocycles. The second-order valence-corrected chi connectivity index (χ2v) is 12.8. The van der Waals surface area contributed by atoms with Gasteiger partial charge in [0, 0.05) is 22.4 Å².